The number of rotatable bonds is 3. The van der Waals surface area contributed by atoms with Crippen LogP contribution in [0.15, 0.2) is 24.5 Å². The van der Waals surface area contributed by atoms with Crippen LogP contribution in [0.3, 0.4) is 0 Å². The van der Waals surface area contributed by atoms with E-state index in [1.165, 1.54) is 0 Å². The van der Waals surface area contributed by atoms with Gasteiger partial charge in [0, 0.05) is 0 Å². The zero-order chi connectivity index (χ0) is 22.5. The van der Waals surface area contributed by atoms with E-state index in [9.17, 15) is 5.11 Å². The van der Waals surface area contributed by atoms with Crippen molar-refractivity contribution in [3.05, 3.63) is 30.1 Å². The molecule has 1 aliphatic carbocycles. The van der Waals surface area contributed by atoms with Crippen LogP contribution in [0.2, 0.25) is 0 Å². The van der Waals surface area contributed by atoms with Gasteiger partial charge in [-0.15, -0.1) is 0 Å². The van der Waals surface area contributed by atoms with Crippen molar-refractivity contribution in [2.45, 2.75) is 44.1 Å². The van der Waals surface area contributed by atoms with Gasteiger partial charge in [-0.1, -0.05) is 0 Å². The van der Waals surface area contributed by atoms with Crippen LogP contribution in [0.4, 0.5) is 5.82 Å². The van der Waals surface area contributed by atoms with Crippen molar-refractivity contribution < 1.29 is 14.6 Å². The second-order valence-electron chi connectivity index (χ2n) is 9.57. The number of H-pyrrole nitrogens is 1. The van der Waals surface area contributed by atoms with Gasteiger partial charge in [-0.05, 0) is 0 Å². The summed E-state index contributed by atoms with van der Waals surface area (Å²) in [5.41, 5.74) is 1.18. The first-order chi connectivity index (χ1) is 16.1. The van der Waals surface area contributed by atoms with Crippen molar-refractivity contribution in [2.24, 2.45) is 5.41 Å². The SMILES string of the molecule is CI1COCCN1c1cc(C2(O)CCC3(CCOCC3)CC2)c2cnn(-c3ccn[nH]3)c2n1. The van der Waals surface area contributed by atoms with Gasteiger partial charge in [-0.2, -0.15) is 0 Å². The average Bonchev–Trinajstić information content (AvgIpc) is 3.51. The van der Waals surface area contributed by atoms with Crippen molar-refractivity contribution in [3.63, 3.8) is 0 Å². The molecule has 6 rings (SSSR count). The molecule has 1 saturated carbocycles. The standard InChI is InChI=1S/C23H31IN6O3/c1-24-16-33-13-10-29(24)20-14-18(17-15-26-30(21(17)27-20)19-2-9-25-28-19)23(31)5-3-22(4-6-23)7-11-32-12-8-22/h2,9,14-15,31H,3-8,10-13,16H2,1H3,(H,25,28). The Morgan fingerprint density at radius 2 is 1.91 bits per heavy atom. The minimum absolute atomic E-state index is 0.325. The van der Waals surface area contributed by atoms with Crippen LogP contribution in [0.25, 0.3) is 16.9 Å². The number of anilines is 1. The Labute approximate surface area is 200 Å². The van der Waals surface area contributed by atoms with E-state index >= 15 is 0 Å². The third kappa shape index (κ3) is 3.84. The van der Waals surface area contributed by atoms with Crippen LogP contribution in [0, 0.1) is 5.41 Å². The maximum atomic E-state index is 12.0. The Balaban J connectivity index is 1.44. The number of nitrogens with zero attached hydrogens (tertiary/aromatic N) is 5. The summed E-state index contributed by atoms with van der Waals surface area (Å²) in [4.78, 5) is 7.38. The molecular formula is C23H31IN6O3. The Bertz CT molecular complexity index is 1120. The Morgan fingerprint density at radius 3 is 2.64 bits per heavy atom. The van der Waals surface area contributed by atoms with Crippen molar-refractivity contribution in [1.29, 1.82) is 0 Å². The van der Waals surface area contributed by atoms with Crippen LogP contribution < -0.4 is 3.11 Å². The number of hydrogen-bond acceptors (Lipinski definition) is 7. The monoisotopic (exact) mass is 566 g/mol. The van der Waals surface area contributed by atoms with Crippen LogP contribution >= 0.6 is 20.1 Å². The zero-order valence-electron chi connectivity index (χ0n) is 19.0. The molecule has 0 bridgehead atoms. The van der Waals surface area contributed by atoms with Crippen molar-refractivity contribution in [3.8, 4) is 5.82 Å². The molecule has 5 heterocycles. The Morgan fingerprint density at radius 1 is 1.09 bits per heavy atom. The molecule has 0 atom stereocenters. The third-order valence-corrected chi connectivity index (χ3v) is 12.0. The van der Waals surface area contributed by atoms with Crippen LogP contribution in [-0.2, 0) is 15.1 Å². The van der Waals surface area contributed by atoms with Crippen molar-refractivity contribution in [1.82, 2.24) is 25.0 Å². The average molecular weight is 566 g/mol. The molecule has 2 aliphatic heterocycles. The molecule has 9 nitrogen and oxygen atoms in total. The molecule has 2 N–H and O–H groups in total. The van der Waals surface area contributed by atoms with E-state index in [0.717, 1.165) is 91.1 Å². The molecule has 0 amide bonds. The fourth-order valence-electron chi connectivity index (χ4n) is 5.58. The minimum atomic E-state index is -1.48. The van der Waals surface area contributed by atoms with E-state index in [1.807, 2.05) is 12.3 Å². The number of nitrogens with one attached hydrogen (secondary N) is 1. The number of aromatic amines is 1. The summed E-state index contributed by atoms with van der Waals surface area (Å²) in [7, 11) is 0. The molecule has 1 spiro atoms. The van der Waals surface area contributed by atoms with E-state index in [-0.39, 0.29) is 0 Å². The summed E-state index contributed by atoms with van der Waals surface area (Å²) >= 11 is -1.48. The topological polar surface area (TPSA) is 101 Å². The van der Waals surface area contributed by atoms with Gasteiger partial charge in [0.05, 0.1) is 0 Å². The van der Waals surface area contributed by atoms with Gasteiger partial charge in [0.1, 0.15) is 0 Å². The van der Waals surface area contributed by atoms with E-state index in [4.69, 9.17) is 14.5 Å². The molecule has 0 unspecified atom stereocenters. The van der Waals surface area contributed by atoms with Gasteiger partial charge in [0.15, 0.2) is 0 Å². The number of fused-ring (bicyclic) bond motifs is 1. The van der Waals surface area contributed by atoms with Crippen LogP contribution in [-0.4, -0.2) is 66.0 Å². The quantitative estimate of drug-likeness (QED) is 0.284. The second kappa shape index (κ2) is 8.47. The Hall–Kier alpha value is -1.76. The first-order valence-electron chi connectivity index (χ1n) is 11.7. The first-order valence-corrected chi connectivity index (χ1v) is 16.3. The van der Waals surface area contributed by atoms with Crippen molar-refractivity contribution in [2.75, 3.05) is 39.0 Å². The predicted molar refractivity (Wildman–Crippen MR) is 134 cm³/mol. The van der Waals surface area contributed by atoms with Gasteiger partial charge in [-0.25, -0.2) is 0 Å². The van der Waals surface area contributed by atoms with E-state index in [1.54, 1.807) is 10.9 Å². The molecule has 3 fully saturated rings. The summed E-state index contributed by atoms with van der Waals surface area (Å²) in [5.74, 6) is 1.71. The predicted octanol–water partition coefficient (Wildman–Crippen LogP) is 3.55. The van der Waals surface area contributed by atoms with Crippen molar-refractivity contribution >= 4 is 36.9 Å². The van der Waals surface area contributed by atoms with Gasteiger partial charge in [-0.3, -0.25) is 0 Å². The fourth-order valence-corrected chi connectivity index (χ4v) is 8.98. The number of pyridine rings is 1. The molecule has 178 valence electrons. The van der Waals surface area contributed by atoms with E-state index < -0.39 is 25.7 Å². The molecule has 10 heteroatoms. The number of ether oxygens (including phenoxy) is 2. The summed E-state index contributed by atoms with van der Waals surface area (Å²) < 4.78 is 16.4. The summed E-state index contributed by atoms with van der Waals surface area (Å²) in [6, 6.07) is 4.03. The normalized spacial score (nSPS) is 23.9. The summed E-state index contributed by atoms with van der Waals surface area (Å²) in [5, 5.41) is 24.7. The van der Waals surface area contributed by atoms with Gasteiger partial charge in [0.2, 0.25) is 0 Å². The van der Waals surface area contributed by atoms with Gasteiger partial charge in [0.25, 0.3) is 0 Å². The molecular weight excluding hydrogens is 535 g/mol. The Kier molecular flexibility index (Phi) is 5.58. The number of hydrogen-bond donors (Lipinski definition) is 2. The molecule has 0 radical (unpaired) electrons. The van der Waals surface area contributed by atoms with Crippen LogP contribution in [0.1, 0.15) is 44.1 Å². The molecule has 0 aromatic carbocycles. The summed E-state index contributed by atoms with van der Waals surface area (Å²) in [6.45, 7) is 3.25. The van der Waals surface area contributed by atoms with E-state index in [2.05, 4.69) is 29.4 Å². The van der Waals surface area contributed by atoms with Gasteiger partial charge < -0.3 is 0 Å². The molecule has 2 saturated heterocycles. The molecule has 3 aromatic rings. The zero-order valence-corrected chi connectivity index (χ0v) is 21.1. The summed E-state index contributed by atoms with van der Waals surface area (Å²) in [6.07, 6.45) is 9.37. The van der Waals surface area contributed by atoms with Gasteiger partial charge >= 0.3 is 201 Å². The maximum absolute atomic E-state index is 12.0. The number of halogens is 1. The number of aromatic nitrogens is 5. The van der Waals surface area contributed by atoms with Crippen LogP contribution in [0.5, 0.6) is 0 Å². The third-order valence-electron chi connectivity index (χ3n) is 7.70. The number of aliphatic hydroxyl groups is 1. The number of alkyl halides is 2. The molecule has 3 aliphatic rings. The second-order valence-corrected chi connectivity index (χ2v) is 14.5. The first kappa shape index (κ1) is 21.8. The van der Waals surface area contributed by atoms with E-state index in [0.29, 0.717) is 12.0 Å². The molecule has 3 aromatic heterocycles. The fraction of sp³-hybridized carbons (Fsp3) is 0.609. The molecule has 33 heavy (non-hydrogen) atoms.